The largest absolute Gasteiger partial charge is 0.497 e. The van der Waals surface area contributed by atoms with Gasteiger partial charge in [-0.25, -0.2) is 0 Å². The molecule has 0 radical (unpaired) electrons. The molecule has 1 aliphatic rings. The van der Waals surface area contributed by atoms with Crippen molar-refractivity contribution in [2.45, 2.75) is 19.1 Å². The number of imidazole rings is 1. The molecule has 33 heavy (non-hydrogen) atoms. The molecule has 0 spiro atoms. The average molecular weight is 448 g/mol. The van der Waals surface area contributed by atoms with Crippen molar-refractivity contribution < 1.29 is 23.7 Å². The Morgan fingerprint density at radius 2 is 1.82 bits per heavy atom. The average Bonchev–Trinajstić information content (AvgIpc) is 3.52. The highest BCUT2D eigenvalue weighted by Crippen LogP contribution is 2.32. The summed E-state index contributed by atoms with van der Waals surface area (Å²) >= 11 is 0. The number of ether oxygens (including phenoxy) is 3. The molecule has 0 saturated heterocycles. The van der Waals surface area contributed by atoms with Crippen LogP contribution in [-0.2, 0) is 6.54 Å². The summed E-state index contributed by atoms with van der Waals surface area (Å²) in [6.07, 6.45) is 1.37. The number of nitro groups is 1. The minimum atomic E-state index is -0.671. The van der Waals surface area contributed by atoms with Crippen LogP contribution in [-0.4, -0.2) is 38.9 Å². The highest BCUT2D eigenvalue weighted by Gasteiger charge is 2.41. The first kappa shape index (κ1) is 20.6. The molecule has 0 N–H and O–H groups in total. The fourth-order valence-corrected chi connectivity index (χ4v) is 3.62. The molecule has 0 amide bonds. The molecule has 3 heterocycles. The van der Waals surface area contributed by atoms with E-state index in [1.807, 2.05) is 61.5 Å². The second-order valence-electron chi connectivity index (χ2n) is 7.94. The van der Waals surface area contributed by atoms with E-state index in [1.165, 1.54) is 6.20 Å². The second kappa shape index (κ2) is 7.97. The van der Waals surface area contributed by atoms with Crippen LogP contribution in [0.1, 0.15) is 6.92 Å². The van der Waals surface area contributed by atoms with Crippen LogP contribution < -0.4 is 14.2 Å². The molecule has 1 aliphatic heterocycles. The summed E-state index contributed by atoms with van der Waals surface area (Å²) < 4.78 is 24.0. The van der Waals surface area contributed by atoms with Crippen molar-refractivity contribution in [2.24, 2.45) is 0 Å². The monoisotopic (exact) mass is 448 g/mol. The van der Waals surface area contributed by atoms with E-state index in [2.05, 4.69) is 10.1 Å². The summed E-state index contributed by atoms with van der Waals surface area (Å²) in [6.45, 7) is 2.54. The van der Waals surface area contributed by atoms with Gasteiger partial charge < -0.3 is 28.8 Å². The zero-order chi connectivity index (χ0) is 23.0. The van der Waals surface area contributed by atoms with Gasteiger partial charge in [-0.15, -0.1) is 0 Å². The van der Waals surface area contributed by atoms with Crippen LogP contribution in [0.15, 0.2) is 65.3 Å². The number of fused-ring (bicyclic) bond motifs is 1. The first-order valence-corrected chi connectivity index (χ1v) is 10.2. The van der Waals surface area contributed by atoms with Crippen LogP contribution in [0, 0.1) is 10.1 Å². The predicted octanol–water partition coefficient (Wildman–Crippen LogP) is 4.35. The van der Waals surface area contributed by atoms with Crippen molar-refractivity contribution in [3.63, 3.8) is 0 Å². The van der Waals surface area contributed by atoms with E-state index < -0.39 is 10.5 Å². The number of hydrogen-bond acceptors (Lipinski definition) is 8. The van der Waals surface area contributed by atoms with Crippen molar-refractivity contribution in [1.29, 1.82) is 0 Å². The molecule has 5 rings (SSSR count). The summed E-state index contributed by atoms with van der Waals surface area (Å²) in [4.78, 5) is 14.2. The SMILES string of the molecule is COc1ccc(-c2cc(-c3ccc(OC[C@@]4(C)Cn5cc([N+](=O)[O-])nc5O4)cc3)no2)cc1. The molecule has 0 aliphatic carbocycles. The maximum atomic E-state index is 10.8. The molecule has 2 aromatic carbocycles. The van der Waals surface area contributed by atoms with Crippen LogP contribution in [0.3, 0.4) is 0 Å². The van der Waals surface area contributed by atoms with E-state index in [0.29, 0.717) is 23.7 Å². The summed E-state index contributed by atoms with van der Waals surface area (Å²) in [6, 6.07) is 17.2. The lowest BCUT2D eigenvalue weighted by molar-refractivity contribution is -0.389. The zero-order valence-electron chi connectivity index (χ0n) is 17.9. The van der Waals surface area contributed by atoms with Gasteiger partial charge in [-0.2, -0.15) is 0 Å². The predicted molar refractivity (Wildman–Crippen MR) is 117 cm³/mol. The van der Waals surface area contributed by atoms with Crippen molar-refractivity contribution in [2.75, 3.05) is 13.7 Å². The van der Waals surface area contributed by atoms with Gasteiger partial charge in [0.05, 0.1) is 13.7 Å². The second-order valence-corrected chi connectivity index (χ2v) is 7.94. The molecular formula is C23H20N4O6. The number of rotatable bonds is 7. The lowest BCUT2D eigenvalue weighted by Crippen LogP contribution is -2.38. The lowest BCUT2D eigenvalue weighted by Gasteiger charge is -2.22. The van der Waals surface area contributed by atoms with E-state index in [-0.39, 0.29) is 18.4 Å². The Morgan fingerprint density at radius 1 is 1.12 bits per heavy atom. The Labute approximate surface area is 188 Å². The van der Waals surface area contributed by atoms with Gasteiger partial charge in [-0.05, 0) is 60.4 Å². The molecule has 0 fully saturated rings. The number of aromatic nitrogens is 3. The first-order chi connectivity index (χ1) is 15.9. The van der Waals surface area contributed by atoms with Gasteiger partial charge in [0.15, 0.2) is 11.4 Å². The maximum absolute atomic E-state index is 10.8. The van der Waals surface area contributed by atoms with E-state index in [9.17, 15) is 10.1 Å². The first-order valence-electron chi connectivity index (χ1n) is 10.2. The topological polar surface area (TPSA) is 115 Å². The third-order valence-corrected chi connectivity index (χ3v) is 5.34. The maximum Gasteiger partial charge on any atom is 0.415 e. The van der Waals surface area contributed by atoms with Crippen molar-refractivity contribution in [3.8, 4) is 40.1 Å². The number of methoxy groups -OCH3 is 1. The zero-order valence-corrected chi connectivity index (χ0v) is 17.9. The summed E-state index contributed by atoms with van der Waals surface area (Å²) in [5, 5.41) is 15.0. The normalized spacial score (nSPS) is 16.8. The standard InChI is InChI=1S/C23H20N4O6/c1-23(13-26-12-21(27(28)29)24-22(26)32-23)14-31-18-9-3-15(4-10-18)19-11-20(33-25-19)16-5-7-17(30-2)8-6-16/h3-12H,13-14H2,1-2H3/t23-/m1/s1. The number of nitrogens with zero attached hydrogens (tertiary/aromatic N) is 4. The van der Waals surface area contributed by atoms with Gasteiger partial charge in [0, 0.05) is 22.2 Å². The van der Waals surface area contributed by atoms with Crippen molar-refractivity contribution in [3.05, 3.63) is 70.9 Å². The fraction of sp³-hybridized carbons (Fsp3) is 0.217. The van der Waals surface area contributed by atoms with E-state index in [4.69, 9.17) is 18.7 Å². The van der Waals surface area contributed by atoms with Gasteiger partial charge >= 0.3 is 11.8 Å². The minimum absolute atomic E-state index is 0.224. The molecule has 0 unspecified atom stereocenters. The molecule has 10 nitrogen and oxygen atoms in total. The fourth-order valence-electron chi connectivity index (χ4n) is 3.62. The van der Waals surface area contributed by atoms with E-state index in [1.54, 1.807) is 11.7 Å². The molecule has 1 atom stereocenters. The minimum Gasteiger partial charge on any atom is -0.497 e. The smallest absolute Gasteiger partial charge is 0.415 e. The highest BCUT2D eigenvalue weighted by atomic mass is 16.6. The Morgan fingerprint density at radius 3 is 2.48 bits per heavy atom. The Bertz CT molecular complexity index is 1270. The van der Waals surface area contributed by atoms with Crippen LogP contribution in [0.5, 0.6) is 17.5 Å². The van der Waals surface area contributed by atoms with Crippen LogP contribution >= 0.6 is 0 Å². The molecule has 2 aromatic heterocycles. The van der Waals surface area contributed by atoms with Crippen molar-refractivity contribution >= 4 is 5.82 Å². The summed E-state index contributed by atoms with van der Waals surface area (Å²) in [5.74, 6) is 1.87. The summed E-state index contributed by atoms with van der Waals surface area (Å²) in [7, 11) is 1.62. The highest BCUT2D eigenvalue weighted by molar-refractivity contribution is 5.67. The van der Waals surface area contributed by atoms with Crippen LogP contribution in [0.25, 0.3) is 22.6 Å². The van der Waals surface area contributed by atoms with Gasteiger partial charge in [0.25, 0.3) is 0 Å². The third kappa shape index (κ3) is 4.10. The lowest BCUT2D eigenvalue weighted by atomic mass is 10.1. The van der Waals surface area contributed by atoms with Crippen molar-refractivity contribution in [1.82, 2.24) is 14.7 Å². The Kier molecular flexibility index (Phi) is 4.97. The van der Waals surface area contributed by atoms with E-state index in [0.717, 1.165) is 16.9 Å². The molecule has 168 valence electrons. The van der Waals surface area contributed by atoms with Gasteiger partial charge in [0.2, 0.25) is 0 Å². The molecule has 4 aromatic rings. The van der Waals surface area contributed by atoms with Crippen LogP contribution in [0.4, 0.5) is 5.82 Å². The number of benzene rings is 2. The third-order valence-electron chi connectivity index (χ3n) is 5.34. The van der Waals surface area contributed by atoms with E-state index >= 15 is 0 Å². The van der Waals surface area contributed by atoms with Gasteiger partial charge in [-0.3, -0.25) is 4.57 Å². The Balaban J connectivity index is 1.22. The Hall–Kier alpha value is -4.34. The number of hydrogen-bond donors (Lipinski definition) is 0. The summed E-state index contributed by atoms with van der Waals surface area (Å²) in [5.41, 5.74) is 1.84. The quantitative estimate of drug-likeness (QED) is 0.303. The molecular weight excluding hydrogens is 428 g/mol. The molecule has 0 bridgehead atoms. The van der Waals surface area contributed by atoms with Gasteiger partial charge in [0.1, 0.15) is 30.0 Å². The van der Waals surface area contributed by atoms with Crippen LogP contribution in [0.2, 0.25) is 0 Å². The molecule has 10 heteroatoms. The molecule has 0 saturated carbocycles. The van der Waals surface area contributed by atoms with Gasteiger partial charge in [-0.1, -0.05) is 5.16 Å².